The number of aromatic nitrogens is 2. The van der Waals surface area contributed by atoms with Gasteiger partial charge in [-0.25, -0.2) is 4.98 Å². The van der Waals surface area contributed by atoms with E-state index in [0.29, 0.717) is 23.0 Å². The van der Waals surface area contributed by atoms with Crippen molar-refractivity contribution in [3.8, 4) is 10.4 Å². The zero-order valence-electron chi connectivity index (χ0n) is 18.4. The summed E-state index contributed by atoms with van der Waals surface area (Å²) < 4.78 is 0. The van der Waals surface area contributed by atoms with Gasteiger partial charge in [0, 0.05) is 42.4 Å². The van der Waals surface area contributed by atoms with Crippen molar-refractivity contribution in [2.75, 3.05) is 25.0 Å². The SMILES string of the molecule is O=C(Nc1ccc(C(=O)N2CC(c3ncc(-c4cccc5ncccc45)s3)C2)s1)[C@@H]1CCCN1. The lowest BCUT2D eigenvalue weighted by Crippen LogP contribution is -2.48. The Morgan fingerprint density at radius 2 is 1.97 bits per heavy atom. The van der Waals surface area contributed by atoms with E-state index in [0.717, 1.165) is 45.7 Å². The molecule has 1 atom stereocenters. The molecule has 4 aromatic rings. The van der Waals surface area contributed by atoms with Crippen LogP contribution >= 0.6 is 22.7 Å². The Morgan fingerprint density at radius 3 is 2.82 bits per heavy atom. The van der Waals surface area contributed by atoms with Gasteiger partial charge in [-0.3, -0.25) is 14.6 Å². The molecule has 172 valence electrons. The smallest absolute Gasteiger partial charge is 0.264 e. The number of fused-ring (bicyclic) bond motifs is 1. The number of anilines is 1. The molecule has 2 fully saturated rings. The molecule has 0 spiro atoms. The zero-order chi connectivity index (χ0) is 23.1. The maximum atomic E-state index is 12.9. The van der Waals surface area contributed by atoms with Gasteiger partial charge in [-0.2, -0.15) is 0 Å². The van der Waals surface area contributed by atoms with Crippen molar-refractivity contribution in [3.05, 3.63) is 64.7 Å². The van der Waals surface area contributed by atoms with E-state index < -0.39 is 0 Å². The Labute approximate surface area is 204 Å². The molecule has 3 aromatic heterocycles. The van der Waals surface area contributed by atoms with E-state index in [-0.39, 0.29) is 23.8 Å². The Kier molecular flexibility index (Phi) is 5.60. The van der Waals surface area contributed by atoms with Crippen LogP contribution < -0.4 is 10.6 Å². The van der Waals surface area contributed by atoms with Gasteiger partial charge in [-0.15, -0.1) is 22.7 Å². The minimum absolute atomic E-state index is 0.0117. The highest BCUT2D eigenvalue weighted by atomic mass is 32.1. The second kappa shape index (κ2) is 8.90. The zero-order valence-corrected chi connectivity index (χ0v) is 20.0. The van der Waals surface area contributed by atoms with E-state index in [1.54, 1.807) is 17.4 Å². The Hall–Kier alpha value is -3.14. The minimum Gasteiger partial charge on any atom is -0.336 e. The number of hydrogen-bond donors (Lipinski definition) is 2. The number of thiazole rings is 1. The van der Waals surface area contributed by atoms with Gasteiger partial charge < -0.3 is 15.5 Å². The third-order valence-corrected chi connectivity index (χ3v) is 8.57. The number of likely N-dealkylation sites (tertiary alicyclic amines) is 1. The summed E-state index contributed by atoms with van der Waals surface area (Å²) >= 11 is 3.02. The van der Waals surface area contributed by atoms with E-state index >= 15 is 0 Å². The monoisotopic (exact) mass is 489 g/mol. The Balaban J connectivity index is 1.09. The molecule has 2 aliphatic rings. The molecule has 0 aliphatic carbocycles. The van der Waals surface area contributed by atoms with E-state index in [2.05, 4.69) is 32.7 Å². The molecule has 0 radical (unpaired) electrons. The van der Waals surface area contributed by atoms with Crippen LogP contribution in [0.2, 0.25) is 0 Å². The van der Waals surface area contributed by atoms with Crippen LogP contribution in [0.1, 0.15) is 33.4 Å². The van der Waals surface area contributed by atoms with Crippen molar-refractivity contribution >= 4 is 50.4 Å². The average molecular weight is 490 g/mol. The van der Waals surface area contributed by atoms with Crippen LogP contribution in [0.3, 0.4) is 0 Å². The summed E-state index contributed by atoms with van der Waals surface area (Å²) in [5.74, 6) is 0.241. The van der Waals surface area contributed by atoms with Crippen molar-refractivity contribution in [1.82, 2.24) is 20.2 Å². The number of rotatable bonds is 5. The Bertz CT molecular complexity index is 1360. The molecular formula is C25H23N5O2S2. The van der Waals surface area contributed by atoms with Crippen LogP contribution in [0, 0.1) is 0 Å². The number of carbonyl (C=O) groups is 2. The first-order valence-corrected chi connectivity index (χ1v) is 13.0. The summed E-state index contributed by atoms with van der Waals surface area (Å²) in [5, 5.41) is 9.02. The van der Waals surface area contributed by atoms with E-state index in [9.17, 15) is 9.59 Å². The summed E-state index contributed by atoms with van der Waals surface area (Å²) in [7, 11) is 0. The number of amides is 2. The van der Waals surface area contributed by atoms with E-state index in [1.165, 1.54) is 11.3 Å². The average Bonchev–Trinajstić information content (AvgIpc) is 3.59. The standard InChI is InChI=1S/C25H23N5O2S2/c31-23(19-7-3-11-27-19)29-22-9-8-20(33-22)25(32)30-13-15(14-30)24-28-12-21(34-24)17-4-1-6-18-16(17)5-2-10-26-18/h1-2,4-6,8-10,12,15,19,27H,3,7,11,13-14H2,(H,29,31)/t19-/m0/s1. The van der Waals surface area contributed by atoms with Crippen LogP contribution in [-0.4, -0.2) is 52.4 Å². The molecule has 9 heteroatoms. The first-order valence-electron chi connectivity index (χ1n) is 11.4. The summed E-state index contributed by atoms with van der Waals surface area (Å²) in [6, 6.07) is 13.7. The van der Waals surface area contributed by atoms with Crippen LogP contribution in [0.25, 0.3) is 21.3 Å². The predicted octanol–water partition coefficient (Wildman–Crippen LogP) is 4.35. The molecular weight excluding hydrogens is 466 g/mol. The quantitative estimate of drug-likeness (QED) is 0.435. The highest BCUT2D eigenvalue weighted by molar-refractivity contribution is 7.18. The molecule has 0 saturated carbocycles. The molecule has 2 saturated heterocycles. The fourth-order valence-electron chi connectivity index (χ4n) is 4.51. The lowest BCUT2D eigenvalue weighted by atomic mass is 10.0. The first kappa shape index (κ1) is 21.4. The van der Waals surface area contributed by atoms with Crippen LogP contribution in [0.5, 0.6) is 0 Å². The number of thiophene rings is 1. The highest BCUT2D eigenvalue weighted by Gasteiger charge is 2.35. The fourth-order valence-corrected chi connectivity index (χ4v) is 6.43. The predicted molar refractivity (Wildman–Crippen MR) is 135 cm³/mol. The molecule has 2 amide bonds. The first-order chi connectivity index (χ1) is 16.7. The van der Waals surface area contributed by atoms with Gasteiger partial charge in [0.05, 0.1) is 31.3 Å². The van der Waals surface area contributed by atoms with Crippen molar-refractivity contribution in [2.45, 2.75) is 24.8 Å². The number of hydrogen-bond acceptors (Lipinski definition) is 7. The van der Waals surface area contributed by atoms with Gasteiger partial charge in [0.2, 0.25) is 5.91 Å². The van der Waals surface area contributed by atoms with E-state index in [4.69, 9.17) is 0 Å². The summed E-state index contributed by atoms with van der Waals surface area (Å²) in [6.45, 7) is 2.20. The van der Waals surface area contributed by atoms with Crippen LogP contribution in [0.15, 0.2) is 54.9 Å². The summed E-state index contributed by atoms with van der Waals surface area (Å²) in [5.41, 5.74) is 2.11. The van der Waals surface area contributed by atoms with Crippen LogP contribution in [-0.2, 0) is 4.79 Å². The molecule has 2 N–H and O–H groups in total. The van der Waals surface area contributed by atoms with Gasteiger partial charge in [0.25, 0.3) is 5.91 Å². The van der Waals surface area contributed by atoms with Crippen LogP contribution in [0.4, 0.5) is 5.00 Å². The van der Waals surface area contributed by atoms with Crippen molar-refractivity contribution in [2.24, 2.45) is 0 Å². The molecule has 34 heavy (non-hydrogen) atoms. The third kappa shape index (κ3) is 4.00. The van der Waals surface area contributed by atoms with Gasteiger partial charge in [-0.05, 0) is 43.7 Å². The topological polar surface area (TPSA) is 87.2 Å². The van der Waals surface area contributed by atoms with Gasteiger partial charge in [0.15, 0.2) is 0 Å². The number of benzene rings is 1. The normalized spacial score (nSPS) is 18.2. The second-order valence-electron chi connectivity index (χ2n) is 8.65. The molecule has 7 nitrogen and oxygen atoms in total. The highest BCUT2D eigenvalue weighted by Crippen LogP contribution is 2.37. The number of carbonyl (C=O) groups excluding carboxylic acids is 2. The summed E-state index contributed by atoms with van der Waals surface area (Å²) in [4.78, 5) is 38.0. The molecule has 0 bridgehead atoms. The molecule has 0 unspecified atom stereocenters. The van der Waals surface area contributed by atoms with E-state index in [1.807, 2.05) is 41.6 Å². The fraction of sp³-hybridized carbons (Fsp3) is 0.280. The van der Waals surface area contributed by atoms with Gasteiger partial charge in [0.1, 0.15) is 0 Å². The van der Waals surface area contributed by atoms with Crippen molar-refractivity contribution < 1.29 is 9.59 Å². The third-order valence-electron chi connectivity index (χ3n) is 6.39. The molecule has 5 heterocycles. The number of pyridine rings is 1. The lowest BCUT2D eigenvalue weighted by Gasteiger charge is -2.37. The van der Waals surface area contributed by atoms with Crippen molar-refractivity contribution in [3.63, 3.8) is 0 Å². The van der Waals surface area contributed by atoms with Gasteiger partial charge in [-0.1, -0.05) is 18.2 Å². The number of nitrogens with zero attached hydrogens (tertiary/aromatic N) is 3. The lowest BCUT2D eigenvalue weighted by molar-refractivity contribution is -0.117. The summed E-state index contributed by atoms with van der Waals surface area (Å²) in [6.07, 6.45) is 5.61. The molecule has 1 aromatic carbocycles. The Morgan fingerprint density at radius 1 is 1.06 bits per heavy atom. The van der Waals surface area contributed by atoms with Gasteiger partial charge >= 0.3 is 0 Å². The molecule has 2 aliphatic heterocycles. The maximum absolute atomic E-state index is 12.9. The second-order valence-corrected chi connectivity index (χ2v) is 10.8. The molecule has 6 rings (SSSR count). The maximum Gasteiger partial charge on any atom is 0.264 e. The largest absolute Gasteiger partial charge is 0.336 e. The minimum atomic E-state index is -0.134. The van der Waals surface area contributed by atoms with Crippen molar-refractivity contribution in [1.29, 1.82) is 0 Å². The number of nitrogens with one attached hydrogen (secondary N) is 2.